The standard InChI is InChI=1S/C26H47BrO2/c1-2-3-4-5-6-7-8-9-10-11-12-13-14-15-16-17-18-19-22-25(27)23-20-21-24-26(28)29/h17-18,23H,2-16,19-22,24H2,1H3,(H,28,29)/b18-17-,25-23-. The van der Waals surface area contributed by atoms with Crippen LogP contribution >= 0.6 is 15.9 Å². The molecule has 0 aromatic heterocycles. The van der Waals surface area contributed by atoms with Crippen molar-refractivity contribution in [3.63, 3.8) is 0 Å². The van der Waals surface area contributed by atoms with Gasteiger partial charge in [-0.1, -0.05) is 125 Å². The smallest absolute Gasteiger partial charge is 0.303 e. The number of rotatable bonds is 22. The second-order valence-electron chi connectivity index (χ2n) is 8.33. The average Bonchev–Trinajstić information content (AvgIpc) is 2.70. The van der Waals surface area contributed by atoms with Gasteiger partial charge in [0, 0.05) is 6.42 Å². The summed E-state index contributed by atoms with van der Waals surface area (Å²) < 4.78 is 1.20. The fraction of sp³-hybridized carbons (Fsp3) is 0.808. The van der Waals surface area contributed by atoms with E-state index in [-0.39, 0.29) is 6.42 Å². The second-order valence-corrected chi connectivity index (χ2v) is 9.35. The fourth-order valence-corrected chi connectivity index (χ4v) is 3.99. The van der Waals surface area contributed by atoms with Crippen molar-refractivity contribution in [2.45, 2.75) is 135 Å². The summed E-state index contributed by atoms with van der Waals surface area (Å²) in [6, 6.07) is 0. The molecular weight excluding hydrogens is 424 g/mol. The van der Waals surface area contributed by atoms with Crippen LogP contribution in [0.3, 0.4) is 0 Å². The molecule has 0 bridgehead atoms. The van der Waals surface area contributed by atoms with Crippen molar-refractivity contribution in [1.29, 1.82) is 0 Å². The van der Waals surface area contributed by atoms with E-state index in [2.05, 4.69) is 41.1 Å². The third kappa shape index (κ3) is 25.4. The molecule has 0 aliphatic rings. The Balaban J connectivity index is 3.26. The van der Waals surface area contributed by atoms with E-state index in [9.17, 15) is 4.79 Å². The molecular formula is C26H47BrO2. The highest BCUT2D eigenvalue weighted by molar-refractivity contribution is 9.11. The minimum Gasteiger partial charge on any atom is -0.481 e. The van der Waals surface area contributed by atoms with Crippen molar-refractivity contribution in [3.8, 4) is 0 Å². The molecule has 170 valence electrons. The van der Waals surface area contributed by atoms with Crippen LogP contribution in [0.1, 0.15) is 135 Å². The molecule has 29 heavy (non-hydrogen) atoms. The predicted octanol–water partition coefficient (Wildman–Crippen LogP) is 9.73. The first-order chi connectivity index (χ1) is 14.2. The van der Waals surface area contributed by atoms with Crippen LogP contribution in [0, 0.1) is 0 Å². The third-order valence-corrected chi connectivity index (χ3v) is 6.12. The van der Waals surface area contributed by atoms with Gasteiger partial charge in [-0.3, -0.25) is 4.79 Å². The maximum Gasteiger partial charge on any atom is 0.303 e. The SMILES string of the molecule is CCCCCCCCCCCCCCCC/C=C\CC/C(Br)=C/CCCC(=O)O. The predicted molar refractivity (Wildman–Crippen MR) is 132 cm³/mol. The minimum atomic E-state index is -0.707. The fourth-order valence-electron chi connectivity index (χ4n) is 3.53. The molecule has 0 aliphatic carbocycles. The summed E-state index contributed by atoms with van der Waals surface area (Å²) in [5, 5.41) is 8.61. The summed E-state index contributed by atoms with van der Waals surface area (Å²) in [5.41, 5.74) is 0. The number of aliphatic carboxylic acids is 1. The summed E-state index contributed by atoms with van der Waals surface area (Å²) in [4.78, 5) is 10.5. The molecule has 0 unspecified atom stereocenters. The van der Waals surface area contributed by atoms with Crippen LogP contribution in [0.5, 0.6) is 0 Å². The van der Waals surface area contributed by atoms with E-state index >= 15 is 0 Å². The summed E-state index contributed by atoms with van der Waals surface area (Å²) in [7, 11) is 0. The molecule has 0 heterocycles. The quantitative estimate of drug-likeness (QED) is 0.126. The van der Waals surface area contributed by atoms with Crippen LogP contribution < -0.4 is 0 Å². The number of carboxylic acids is 1. The van der Waals surface area contributed by atoms with Crippen molar-refractivity contribution >= 4 is 21.9 Å². The van der Waals surface area contributed by atoms with Crippen molar-refractivity contribution in [3.05, 3.63) is 22.7 Å². The van der Waals surface area contributed by atoms with Gasteiger partial charge in [0.15, 0.2) is 0 Å². The van der Waals surface area contributed by atoms with E-state index in [0.717, 1.165) is 25.7 Å². The first kappa shape index (κ1) is 28.4. The van der Waals surface area contributed by atoms with Gasteiger partial charge in [0.05, 0.1) is 0 Å². The molecule has 1 N–H and O–H groups in total. The Hall–Kier alpha value is -0.570. The van der Waals surface area contributed by atoms with E-state index in [1.165, 1.54) is 101 Å². The van der Waals surface area contributed by atoms with Gasteiger partial charge in [-0.15, -0.1) is 0 Å². The van der Waals surface area contributed by atoms with Crippen LogP contribution in [0.2, 0.25) is 0 Å². The zero-order valence-electron chi connectivity index (χ0n) is 19.1. The largest absolute Gasteiger partial charge is 0.481 e. The van der Waals surface area contributed by atoms with Gasteiger partial charge in [0.1, 0.15) is 0 Å². The summed E-state index contributed by atoms with van der Waals surface area (Å²) >= 11 is 3.58. The minimum absolute atomic E-state index is 0.260. The lowest BCUT2D eigenvalue weighted by Gasteiger charge is -2.02. The Labute approximate surface area is 189 Å². The van der Waals surface area contributed by atoms with Crippen molar-refractivity contribution in [2.75, 3.05) is 0 Å². The molecule has 0 spiro atoms. The number of unbranched alkanes of at least 4 members (excludes halogenated alkanes) is 15. The Morgan fingerprint density at radius 3 is 1.66 bits per heavy atom. The van der Waals surface area contributed by atoms with E-state index < -0.39 is 5.97 Å². The maximum absolute atomic E-state index is 10.5. The van der Waals surface area contributed by atoms with Crippen LogP contribution in [0.4, 0.5) is 0 Å². The molecule has 0 radical (unpaired) electrons. The lowest BCUT2D eigenvalue weighted by atomic mass is 10.0. The van der Waals surface area contributed by atoms with E-state index in [1.54, 1.807) is 0 Å². The molecule has 0 atom stereocenters. The van der Waals surface area contributed by atoms with E-state index in [4.69, 9.17) is 5.11 Å². The second kappa shape index (κ2) is 23.7. The monoisotopic (exact) mass is 470 g/mol. The molecule has 0 amide bonds. The first-order valence-corrected chi connectivity index (χ1v) is 13.2. The summed E-state index contributed by atoms with van der Waals surface area (Å²) in [6.07, 6.45) is 31.7. The first-order valence-electron chi connectivity index (χ1n) is 12.4. The Morgan fingerprint density at radius 2 is 1.14 bits per heavy atom. The molecule has 0 aromatic carbocycles. The van der Waals surface area contributed by atoms with Gasteiger partial charge in [0.25, 0.3) is 0 Å². The molecule has 0 fully saturated rings. The molecule has 0 saturated carbocycles. The van der Waals surface area contributed by atoms with Crippen molar-refractivity contribution in [2.24, 2.45) is 0 Å². The normalized spacial score (nSPS) is 12.1. The molecule has 0 aromatic rings. The van der Waals surface area contributed by atoms with Gasteiger partial charge in [0.2, 0.25) is 0 Å². The molecule has 0 saturated heterocycles. The van der Waals surface area contributed by atoms with Gasteiger partial charge in [-0.2, -0.15) is 0 Å². The summed E-state index contributed by atoms with van der Waals surface area (Å²) in [5.74, 6) is -0.707. The molecule has 0 rings (SSSR count). The number of carboxylic acid groups (broad SMARTS) is 1. The Kier molecular flexibility index (Phi) is 23.2. The number of halogens is 1. The Morgan fingerprint density at radius 1 is 0.655 bits per heavy atom. The van der Waals surface area contributed by atoms with Gasteiger partial charge in [-0.05, 0) is 43.0 Å². The third-order valence-electron chi connectivity index (χ3n) is 5.40. The average molecular weight is 472 g/mol. The zero-order chi connectivity index (χ0) is 21.4. The van der Waals surface area contributed by atoms with Gasteiger partial charge >= 0.3 is 5.97 Å². The lowest BCUT2D eigenvalue weighted by molar-refractivity contribution is -0.137. The van der Waals surface area contributed by atoms with Crippen molar-refractivity contribution < 1.29 is 9.90 Å². The molecule has 3 heteroatoms. The lowest BCUT2D eigenvalue weighted by Crippen LogP contribution is -1.92. The van der Waals surface area contributed by atoms with Gasteiger partial charge in [-0.25, -0.2) is 0 Å². The number of allylic oxidation sites excluding steroid dienone is 4. The van der Waals surface area contributed by atoms with Crippen LogP contribution in [-0.4, -0.2) is 11.1 Å². The highest BCUT2D eigenvalue weighted by Gasteiger charge is 1.96. The van der Waals surface area contributed by atoms with E-state index in [1.807, 2.05) is 0 Å². The number of carbonyl (C=O) groups is 1. The van der Waals surface area contributed by atoms with Crippen molar-refractivity contribution in [1.82, 2.24) is 0 Å². The highest BCUT2D eigenvalue weighted by atomic mass is 79.9. The van der Waals surface area contributed by atoms with Crippen LogP contribution in [-0.2, 0) is 4.79 Å². The molecule has 0 aliphatic heterocycles. The Bertz CT molecular complexity index is 415. The van der Waals surface area contributed by atoms with E-state index in [0.29, 0.717) is 0 Å². The number of hydrogen-bond acceptors (Lipinski definition) is 1. The zero-order valence-corrected chi connectivity index (χ0v) is 20.7. The maximum atomic E-state index is 10.5. The number of hydrogen-bond donors (Lipinski definition) is 1. The summed E-state index contributed by atoms with van der Waals surface area (Å²) in [6.45, 7) is 2.28. The van der Waals surface area contributed by atoms with Crippen LogP contribution in [0.15, 0.2) is 22.7 Å². The topological polar surface area (TPSA) is 37.3 Å². The van der Waals surface area contributed by atoms with Gasteiger partial charge < -0.3 is 5.11 Å². The van der Waals surface area contributed by atoms with Crippen LogP contribution in [0.25, 0.3) is 0 Å². The molecule has 2 nitrogen and oxygen atoms in total. The highest BCUT2D eigenvalue weighted by Crippen LogP contribution is 2.16.